The number of carboxylic acid groups (broad SMARTS) is 1. The summed E-state index contributed by atoms with van der Waals surface area (Å²) < 4.78 is 0. The smallest absolute Gasteiger partial charge is 0.303 e. The molecule has 30 heavy (non-hydrogen) atoms. The number of carboxylic acids is 1. The van der Waals surface area contributed by atoms with E-state index in [4.69, 9.17) is 10.2 Å². The SMILES string of the molecule is CCCCCC/C=C/CO.CCCCCC=CCC=CCCCCCCCC(=O)O. The minimum absolute atomic E-state index is 0.188. The summed E-state index contributed by atoms with van der Waals surface area (Å²) in [6.07, 6.45) is 32.5. The molecule has 0 aromatic rings. The first-order valence-electron chi connectivity index (χ1n) is 12.5. The molecular weight excluding hydrogens is 372 g/mol. The third-order valence-electron chi connectivity index (χ3n) is 4.84. The van der Waals surface area contributed by atoms with Crippen molar-refractivity contribution in [2.45, 2.75) is 123 Å². The normalized spacial score (nSPS) is 11.4. The van der Waals surface area contributed by atoms with E-state index in [9.17, 15) is 4.79 Å². The van der Waals surface area contributed by atoms with Gasteiger partial charge in [0.05, 0.1) is 6.61 Å². The highest BCUT2D eigenvalue weighted by atomic mass is 16.4. The maximum absolute atomic E-state index is 10.3. The molecule has 0 saturated heterocycles. The number of hydrogen-bond acceptors (Lipinski definition) is 2. The van der Waals surface area contributed by atoms with E-state index >= 15 is 0 Å². The number of allylic oxidation sites excluding steroid dienone is 5. The average molecular weight is 423 g/mol. The molecule has 3 nitrogen and oxygen atoms in total. The van der Waals surface area contributed by atoms with Crippen molar-refractivity contribution in [2.24, 2.45) is 0 Å². The zero-order chi connectivity index (χ0) is 22.5. The molecule has 0 aliphatic carbocycles. The van der Waals surface area contributed by atoms with E-state index in [1.54, 1.807) is 0 Å². The highest BCUT2D eigenvalue weighted by Gasteiger charge is 1.95. The van der Waals surface area contributed by atoms with Crippen LogP contribution in [0.2, 0.25) is 0 Å². The molecule has 176 valence electrons. The number of rotatable bonds is 20. The Kier molecular flexibility index (Phi) is 30.7. The van der Waals surface area contributed by atoms with Crippen LogP contribution < -0.4 is 0 Å². The van der Waals surface area contributed by atoms with E-state index in [2.05, 4.69) is 44.2 Å². The second-order valence-corrected chi connectivity index (χ2v) is 7.88. The topological polar surface area (TPSA) is 57.5 Å². The van der Waals surface area contributed by atoms with Gasteiger partial charge in [0.2, 0.25) is 0 Å². The van der Waals surface area contributed by atoms with E-state index in [0.29, 0.717) is 6.42 Å². The molecule has 3 heteroatoms. The van der Waals surface area contributed by atoms with Crippen LogP contribution in [0.25, 0.3) is 0 Å². The van der Waals surface area contributed by atoms with E-state index in [-0.39, 0.29) is 6.61 Å². The Bertz CT molecular complexity index is 410. The maximum Gasteiger partial charge on any atom is 0.303 e. The largest absolute Gasteiger partial charge is 0.481 e. The molecule has 0 aliphatic heterocycles. The third-order valence-corrected chi connectivity index (χ3v) is 4.84. The Morgan fingerprint density at radius 2 is 1.03 bits per heavy atom. The van der Waals surface area contributed by atoms with Crippen molar-refractivity contribution in [2.75, 3.05) is 6.61 Å². The summed E-state index contributed by atoms with van der Waals surface area (Å²) in [5, 5.41) is 16.9. The van der Waals surface area contributed by atoms with Gasteiger partial charge >= 0.3 is 5.97 Å². The predicted molar refractivity (Wildman–Crippen MR) is 132 cm³/mol. The van der Waals surface area contributed by atoms with E-state index in [1.807, 2.05) is 6.08 Å². The van der Waals surface area contributed by atoms with E-state index < -0.39 is 5.97 Å². The second kappa shape index (κ2) is 29.8. The van der Waals surface area contributed by atoms with Crippen LogP contribution in [-0.4, -0.2) is 22.8 Å². The first kappa shape index (κ1) is 30.8. The molecule has 0 amide bonds. The Morgan fingerprint density at radius 1 is 0.600 bits per heavy atom. The lowest BCUT2D eigenvalue weighted by atomic mass is 10.1. The molecule has 0 spiro atoms. The second-order valence-electron chi connectivity index (χ2n) is 7.88. The van der Waals surface area contributed by atoms with Gasteiger partial charge in [-0.15, -0.1) is 0 Å². The lowest BCUT2D eigenvalue weighted by molar-refractivity contribution is -0.137. The minimum Gasteiger partial charge on any atom is -0.481 e. The number of carbonyl (C=O) groups is 1. The molecule has 0 radical (unpaired) electrons. The van der Waals surface area contributed by atoms with Gasteiger partial charge in [0.25, 0.3) is 0 Å². The van der Waals surface area contributed by atoms with Crippen molar-refractivity contribution < 1.29 is 15.0 Å². The maximum atomic E-state index is 10.3. The molecule has 0 bridgehead atoms. The molecule has 2 N–H and O–H groups in total. The Balaban J connectivity index is 0. The van der Waals surface area contributed by atoms with Gasteiger partial charge in [-0.05, 0) is 51.4 Å². The number of aliphatic hydroxyl groups excluding tert-OH is 1. The zero-order valence-electron chi connectivity index (χ0n) is 20.0. The summed E-state index contributed by atoms with van der Waals surface area (Å²) in [6.45, 7) is 4.63. The van der Waals surface area contributed by atoms with Gasteiger partial charge in [0.1, 0.15) is 0 Å². The van der Waals surface area contributed by atoms with Crippen molar-refractivity contribution >= 4 is 5.97 Å². The first-order valence-corrected chi connectivity index (χ1v) is 12.5. The summed E-state index contributed by atoms with van der Waals surface area (Å²) in [6, 6.07) is 0. The highest BCUT2D eigenvalue weighted by molar-refractivity contribution is 5.66. The standard InChI is InChI=1S/C18H32O2.C9H18O/c1-2-3-4-5-6-7-8-9-10-11-12-13-14-15-16-17-18(19)20;1-2-3-4-5-6-7-8-9-10/h6-7,9-10H,2-5,8,11-17H2,1H3,(H,19,20);7-8,10H,2-6,9H2,1H3/b;8-7+. The molecular formula is C27H50O3. The van der Waals surface area contributed by atoms with Crippen LogP contribution in [0.4, 0.5) is 0 Å². The van der Waals surface area contributed by atoms with Crippen molar-refractivity contribution in [1.82, 2.24) is 0 Å². The zero-order valence-corrected chi connectivity index (χ0v) is 20.0. The van der Waals surface area contributed by atoms with Crippen LogP contribution in [0.15, 0.2) is 36.5 Å². The van der Waals surface area contributed by atoms with Crippen molar-refractivity contribution in [1.29, 1.82) is 0 Å². The fourth-order valence-electron chi connectivity index (χ4n) is 2.97. The third kappa shape index (κ3) is 34.2. The van der Waals surface area contributed by atoms with Gasteiger partial charge in [0.15, 0.2) is 0 Å². The van der Waals surface area contributed by atoms with Gasteiger partial charge < -0.3 is 10.2 Å². The van der Waals surface area contributed by atoms with Crippen molar-refractivity contribution in [3.05, 3.63) is 36.5 Å². The Hall–Kier alpha value is -1.35. The van der Waals surface area contributed by atoms with E-state index in [0.717, 1.165) is 32.1 Å². The van der Waals surface area contributed by atoms with Gasteiger partial charge in [0, 0.05) is 6.42 Å². The van der Waals surface area contributed by atoms with E-state index in [1.165, 1.54) is 70.6 Å². The van der Waals surface area contributed by atoms with Crippen molar-refractivity contribution in [3.8, 4) is 0 Å². The molecule has 0 unspecified atom stereocenters. The summed E-state index contributed by atoms with van der Waals surface area (Å²) in [5.74, 6) is -0.671. The summed E-state index contributed by atoms with van der Waals surface area (Å²) in [5.41, 5.74) is 0. The van der Waals surface area contributed by atoms with Gasteiger partial charge in [-0.25, -0.2) is 0 Å². The molecule has 0 fully saturated rings. The number of hydrogen-bond donors (Lipinski definition) is 2. The summed E-state index contributed by atoms with van der Waals surface area (Å²) in [7, 11) is 0. The van der Waals surface area contributed by atoms with Crippen LogP contribution >= 0.6 is 0 Å². The molecule has 0 aromatic heterocycles. The molecule has 0 saturated carbocycles. The van der Waals surface area contributed by atoms with Gasteiger partial charge in [-0.2, -0.15) is 0 Å². The fourth-order valence-corrected chi connectivity index (χ4v) is 2.97. The van der Waals surface area contributed by atoms with Crippen LogP contribution in [0, 0.1) is 0 Å². The quantitative estimate of drug-likeness (QED) is 0.153. The lowest BCUT2D eigenvalue weighted by Crippen LogP contribution is -1.93. The Labute approximate surface area is 187 Å². The molecule has 0 aromatic carbocycles. The molecule has 0 rings (SSSR count). The monoisotopic (exact) mass is 422 g/mol. The van der Waals surface area contributed by atoms with Crippen LogP contribution in [0.5, 0.6) is 0 Å². The minimum atomic E-state index is -0.671. The summed E-state index contributed by atoms with van der Waals surface area (Å²) >= 11 is 0. The molecule has 0 aliphatic rings. The number of aliphatic carboxylic acids is 1. The van der Waals surface area contributed by atoms with Crippen molar-refractivity contribution in [3.63, 3.8) is 0 Å². The van der Waals surface area contributed by atoms with Gasteiger partial charge in [-0.1, -0.05) is 102 Å². The lowest BCUT2D eigenvalue weighted by Gasteiger charge is -1.98. The van der Waals surface area contributed by atoms with Crippen LogP contribution in [0.3, 0.4) is 0 Å². The van der Waals surface area contributed by atoms with Crippen LogP contribution in [0.1, 0.15) is 123 Å². The summed E-state index contributed by atoms with van der Waals surface area (Å²) in [4.78, 5) is 10.3. The highest BCUT2D eigenvalue weighted by Crippen LogP contribution is 2.08. The first-order chi connectivity index (χ1) is 14.7. The van der Waals surface area contributed by atoms with Crippen LogP contribution in [-0.2, 0) is 4.79 Å². The molecule has 0 atom stereocenters. The number of aliphatic hydroxyl groups is 1. The number of unbranched alkanes of at least 4 members (excludes halogenated alkanes) is 12. The predicted octanol–water partition coefficient (Wildman–Crippen LogP) is 8.39. The fraction of sp³-hybridized carbons (Fsp3) is 0.741. The van der Waals surface area contributed by atoms with Gasteiger partial charge in [-0.3, -0.25) is 4.79 Å². The molecule has 0 heterocycles. The average Bonchev–Trinajstić information content (AvgIpc) is 2.74. The Morgan fingerprint density at radius 3 is 1.57 bits per heavy atom.